The molecule has 0 fully saturated rings. The van der Waals surface area contributed by atoms with Crippen LogP contribution in [0.15, 0.2) is 18.2 Å². The molecular formula is C20H21ClFN7O. The third-order valence-electron chi connectivity index (χ3n) is 5.81. The van der Waals surface area contributed by atoms with Crippen LogP contribution in [0.2, 0.25) is 5.02 Å². The van der Waals surface area contributed by atoms with Crippen molar-refractivity contribution in [3.05, 3.63) is 46.1 Å². The zero-order valence-electron chi connectivity index (χ0n) is 16.7. The standard InChI is InChI=1S/C20H21ClFN7O/c1-11-8-17-14(10-28(11)20(30)23-13-4-5-16(22)15(21)9-13)18-19-25-24-12(2)27(19)6-3-7-29(18)26-17/h4-5,9,11H,3,6-8,10H2,1-2H3,(H,23,30)/t11-/m1/s1. The Morgan fingerprint density at radius 1 is 1.30 bits per heavy atom. The van der Waals surface area contributed by atoms with Gasteiger partial charge in [0.15, 0.2) is 5.82 Å². The number of rotatable bonds is 1. The molecule has 156 valence electrons. The molecule has 2 aliphatic heterocycles. The average Bonchev–Trinajstić information content (AvgIpc) is 3.17. The summed E-state index contributed by atoms with van der Waals surface area (Å²) in [6.45, 7) is 6.01. The summed E-state index contributed by atoms with van der Waals surface area (Å²) >= 11 is 5.84. The second-order valence-corrected chi connectivity index (χ2v) is 8.22. The maximum absolute atomic E-state index is 13.4. The summed E-state index contributed by atoms with van der Waals surface area (Å²) in [6.07, 6.45) is 1.60. The summed E-state index contributed by atoms with van der Waals surface area (Å²) < 4.78 is 17.5. The number of anilines is 1. The molecule has 0 spiro atoms. The Morgan fingerprint density at radius 2 is 2.13 bits per heavy atom. The minimum Gasteiger partial charge on any atom is -0.317 e. The Morgan fingerprint density at radius 3 is 2.93 bits per heavy atom. The van der Waals surface area contributed by atoms with E-state index in [9.17, 15) is 9.18 Å². The lowest BCUT2D eigenvalue weighted by atomic mass is 9.99. The van der Waals surface area contributed by atoms with Crippen molar-refractivity contribution in [1.82, 2.24) is 29.4 Å². The fraction of sp³-hybridized carbons (Fsp3) is 0.400. The first-order valence-electron chi connectivity index (χ1n) is 9.93. The highest BCUT2D eigenvalue weighted by atomic mass is 35.5. The number of nitrogens with zero attached hydrogens (tertiary/aromatic N) is 6. The van der Waals surface area contributed by atoms with Crippen molar-refractivity contribution >= 4 is 23.3 Å². The fourth-order valence-corrected chi connectivity index (χ4v) is 4.43. The Hall–Kier alpha value is -2.94. The van der Waals surface area contributed by atoms with Crippen LogP contribution in [0, 0.1) is 12.7 Å². The van der Waals surface area contributed by atoms with Crippen molar-refractivity contribution in [1.29, 1.82) is 0 Å². The third-order valence-corrected chi connectivity index (χ3v) is 6.10. The minimum absolute atomic E-state index is 0.0292. The zero-order valence-corrected chi connectivity index (χ0v) is 17.4. The van der Waals surface area contributed by atoms with E-state index in [0.717, 1.165) is 48.1 Å². The van der Waals surface area contributed by atoms with Crippen molar-refractivity contribution in [2.75, 3.05) is 5.32 Å². The summed E-state index contributed by atoms with van der Waals surface area (Å²) in [4.78, 5) is 14.8. The van der Waals surface area contributed by atoms with Gasteiger partial charge in [-0.15, -0.1) is 10.2 Å². The zero-order chi connectivity index (χ0) is 21.0. The summed E-state index contributed by atoms with van der Waals surface area (Å²) in [5.41, 5.74) is 3.41. The predicted octanol–water partition coefficient (Wildman–Crippen LogP) is 3.62. The van der Waals surface area contributed by atoms with Crippen LogP contribution >= 0.6 is 11.6 Å². The quantitative estimate of drug-likeness (QED) is 0.640. The molecule has 2 aromatic heterocycles. The van der Waals surface area contributed by atoms with Gasteiger partial charge in [-0.05, 0) is 38.5 Å². The van der Waals surface area contributed by atoms with Crippen LogP contribution in [0.1, 0.15) is 30.4 Å². The number of aryl methyl sites for hydroxylation is 2. The van der Waals surface area contributed by atoms with Gasteiger partial charge in [-0.3, -0.25) is 4.68 Å². The molecule has 0 unspecified atom stereocenters. The van der Waals surface area contributed by atoms with E-state index in [1.54, 1.807) is 4.90 Å². The van der Waals surface area contributed by atoms with Gasteiger partial charge in [-0.25, -0.2) is 9.18 Å². The second kappa shape index (κ2) is 7.09. The highest BCUT2D eigenvalue weighted by Gasteiger charge is 2.34. The van der Waals surface area contributed by atoms with Gasteiger partial charge in [0.05, 0.1) is 17.3 Å². The van der Waals surface area contributed by atoms with Gasteiger partial charge >= 0.3 is 6.03 Å². The third kappa shape index (κ3) is 3.04. The minimum atomic E-state index is -0.521. The number of nitrogens with one attached hydrogen (secondary N) is 1. The number of halogens is 2. The van der Waals surface area contributed by atoms with E-state index in [4.69, 9.17) is 16.7 Å². The lowest BCUT2D eigenvalue weighted by Crippen LogP contribution is -2.44. The van der Waals surface area contributed by atoms with Crippen LogP contribution in [-0.2, 0) is 26.1 Å². The van der Waals surface area contributed by atoms with Crippen LogP contribution in [0.3, 0.4) is 0 Å². The lowest BCUT2D eigenvalue weighted by Gasteiger charge is -2.33. The van der Waals surface area contributed by atoms with Crippen LogP contribution in [-0.4, -0.2) is 41.5 Å². The molecule has 10 heteroatoms. The molecule has 0 saturated carbocycles. The van der Waals surface area contributed by atoms with Crippen LogP contribution in [0.25, 0.3) is 11.5 Å². The molecular weight excluding hydrogens is 409 g/mol. The second-order valence-electron chi connectivity index (χ2n) is 7.81. The number of carbonyl (C=O) groups is 1. The van der Waals surface area contributed by atoms with Gasteiger partial charge in [0, 0.05) is 36.8 Å². The SMILES string of the molecule is Cc1nnc2n1CCCn1nc3c(c1-2)CN(C(=O)Nc1ccc(F)c(Cl)c1)[C@H](C)C3. The van der Waals surface area contributed by atoms with Gasteiger partial charge in [0.1, 0.15) is 17.3 Å². The maximum atomic E-state index is 13.4. The van der Waals surface area contributed by atoms with E-state index in [0.29, 0.717) is 18.7 Å². The highest BCUT2D eigenvalue weighted by molar-refractivity contribution is 6.31. The Bertz CT molecular complexity index is 1150. The Balaban J connectivity index is 1.47. The topological polar surface area (TPSA) is 80.9 Å². The molecule has 8 nitrogen and oxygen atoms in total. The van der Waals surface area contributed by atoms with Crippen molar-refractivity contribution < 1.29 is 9.18 Å². The van der Waals surface area contributed by atoms with Crippen LogP contribution in [0.5, 0.6) is 0 Å². The number of aromatic nitrogens is 5. The van der Waals surface area contributed by atoms with Gasteiger partial charge in [-0.2, -0.15) is 5.10 Å². The molecule has 2 amide bonds. The van der Waals surface area contributed by atoms with Gasteiger partial charge in [0.2, 0.25) is 0 Å². The summed E-state index contributed by atoms with van der Waals surface area (Å²) in [5.74, 6) is 1.16. The molecule has 0 bridgehead atoms. The van der Waals surface area contributed by atoms with Crippen LogP contribution in [0.4, 0.5) is 14.9 Å². The van der Waals surface area contributed by atoms with Gasteiger partial charge in [0.25, 0.3) is 0 Å². The molecule has 5 rings (SSSR count). The largest absolute Gasteiger partial charge is 0.322 e. The Kier molecular flexibility index (Phi) is 4.50. The molecule has 1 N–H and O–H groups in total. The van der Waals surface area contributed by atoms with E-state index >= 15 is 0 Å². The first kappa shape index (κ1) is 19.0. The molecule has 1 aromatic carbocycles. The number of fused-ring (bicyclic) bond motifs is 5. The molecule has 1 atom stereocenters. The van der Waals surface area contributed by atoms with E-state index in [2.05, 4.69) is 20.1 Å². The number of amides is 2. The summed E-state index contributed by atoms with van der Waals surface area (Å²) in [7, 11) is 0. The van der Waals surface area contributed by atoms with Crippen molar-refractivity contribution in [3.63, 3.8) is 0 Å². The highest BCUT2D eigenvalue weighted by Crippen LogP contribution is 2.34. The fourth-order valence-electron chi connectivity index (χ4n) is 4.25. The first-order chi connectivity index (χ1) is 14.4. The maximum Gasteiger partial charge on any atom is 0.322 e. The van der Waals surface area contributed by atoms with E-state index < -0.39 is 5.82 Å². The monoisotopic (exact) mass is 429 g/mol. The number of hydrogen-bond acceptors (Lipinski definition) is 4. The smallest absolute Gasteiger partial charge is 0.317 e. The van der Waals surface area contributed by atoms with Crippen molar-refractivity contribution in [2.45, 2.75) is 52.4 Å². The van der Waals surface area contributed by atoms with Gasteiger partial charge < -0.3 is 14.8 Å². The predicted molar refractivity (Wildman–Crippen MR) is 110 cm³/mol. The van der Waals surface area contributed by atoms with Crippen molar-refractivity contribution in [2.24, 2.45) is 0 Å². The number of hydrogen-bond donors (Lipinski definition) is 1. The average molecular weight is 430 g/mol. The molecule has 0 aliphatic carbocycles. The number of carbonyl (C=O) groups excluding carboxylic acids is 1. The Labute approximate surface area is 177 Å². The summed E-state index contributed by atoms with van der Waals surface area (Å²) in [5, 5.41) is 16.3. The first-order valence-corrected chi connectivity index (χ1v) is 10.3. The van der Waals surface area contributed by atoms with E-state index in [-0.39, 0.29) is 17.1 Å². The van der Waals surface area contributed by atoms with Crippen molar-refractivity contribution in [3.8, 4) is 11.5 Å². The molecule has 30 heavy (non-hydrogen) atoms. The molecule has 3 aromatic rings. The number of urea groups is 1. The normalized spacial score (nSPS) is 17.7. The van der Waals surface area contributed by atoms with E-state index in [1.807, 2.05) is 18.5 Å². The van der Waals surface area contributed by atoms with Crippen LogP contribution < -0.4 is 5.32 Å². The number of benzene rings is 1. The molecule has 0 radical (unpaired) electrons. The van der Waals surface area contributed by atoms with E-state index in [1.165, 1.54) is 18.2 Å². The van der Waals surface area contributed by atoms with Gasteiger partial charge in [-0.1, -0.05) is 11.6 Å². The molecule has 4 heterocycles. The molecule has 2 aliphatic rings. The molecule has 0 saturated heterocycles. The lowest BCUT2D eigenvalue weighted by molar-refractivity contribution is 0.182. The summed E-state index contributed by atoms with van der Waals surface area (Å²) in [6, 6.07) is 3.85.